The summed E-state index contributed by atoms with van der Waals surface area (Å²) < 4.78 is 0. The Kier molecular flexibility index (Phi) is 4.67. The van der Waals surface area contributed by atoms with Gasteiger partial charge < -0.3 is 0 Å². The number of aromatic nitrogens is 2. The Balaban J connectivity index is 2.32. The average Bonchev–Trinajstić information content (AvgIpc) is 2.27. The number of benzene rings is 1. The summed E-state index contributed by atoms with van der Waals surface area (Å²) in [6, 6.07) is 7.56. The topological polar surface area (TPSA) is 25.8 Å². The number of hydrogen-bond acceptors (Lipinski definition) is 2. The van der Waals surface area contributed by atoms with Gasteiger partial charge in [-0.3, -0.25) is 0 Å². The van der Waals surface area contributed by atoms with Gasteiger partial charge in [-0.05, 0) is 23.6 Å². The monoisotopic (exact) mass is 314 g/mol. The van der Waals surface area contributed by atoms with E-state index in [1.807, 2.05) is 38.1 Å². The molecule has 0 aliphatic heterocycles. The minimum absolute atomic E-state index is 0.195. The summed E-state index contributed by atoms with van der Waals surface area (Å²) >= 11 is 18.3. The van der Waals surface area contributed by atoms with Crippen molar-refractivity contribution < 1.29 is 0 Å². The summed E-state index contributed by atoms with van der Waals surface area (Å²) in [6.45, 7) is 4.01. The molecule has 0 aliphatic carbocycles. The van der Waals surface area contributed by atoms with E-state index in [-0.39, 0.29) is 5.92 Å². The lowest BCUT2D eigenvalue weighted by atomic mass is 10.1. The van der Waals surface area contributed by atoms with Crippen molar-refractivity contribution in [2.45, 2.75) is 26.2 Å². The van der Waals surface area contributed by atoms with Crippen LogP contribution in [-0.4, -0.2) is 9.97 Å². The first-order chi connectivity index (χ1) is 8.97. The molecule has 0 saturated carbocycles. The van der Waals surface area contributed by atoms with Crippen molar-refractivity contribution in [1.29, 1.82) is 0 Å². The van der Waals surface area contributed by atoms with Crippen molar-refractivity contribution in [1.82, 2.24) is 9.97 Å². The molecule has 0 amide bonds. The SMILES string of the molecule is CC(C)c1c(Cl)nc(Cc2cccc(Cl)c2)nc1Cl. The highest BCUT2D eigenvalue weighted by atomic mass is 35.5. The molecule has 0 saturated heterocycles. The number of hydrogen-bond donors (Lipinski definition) is 0. The van der Waals surface area contributed by atoms with Gasteiger partial charge in [-0.25, -0.2) is 9.97 Å². The zero-order valence-corrected chi connectivity index (χ0v) is 12.9. The smallest absolute Gasteiger partial charge is 0.137 e. The lowest BCUT2D eigenvalue weighted by Crippen LogP contribution is -2.03. The van der Waals surface area contributed by atoms with Crippen molar-refractivity contribution in [3.8, 4) is 0 Å². The van der Waals surface area contributed by atoms with Crippen LogP contribution in [0.2, 0.25) is 15.3 Å². The highest BCUT2D eigenvalue weighted by molar-refractivity contribution is 6.34. The Morgan fingerprint density at radius 1 is 1.05 bits per heavy atom. The first-order valence-electron chi connectivity index (χ1n) is 5.93. The molecular weight excluding hydrogens is 303 g/mol. The second-order valence-electron chi connectivity index (χ2n) is 4.60. The quantitative estimate of drug-likeness (QED) is 0.732. The molecule has 19 heavy (non-hydrogen) atoms. The molecule has 100 valence electrons. The highest BCUT2D eigenvalue weighted by Gasteiger charge is 2.14. The van der Waals surface area contributed by atoms with E-state index >= 15 is 0 Å². The van der Waals surface area contributed by atoms with Crippen LogP contribution in [0.3, 0.4) is 0 Å². The van der Waals surface area contributed by atoms with E-state index in [0.29, 0.717) is 27.6 Å². The lowest BCUT2D eigenvalue weighted by Gasteiger charge is -2.11. The first kappa shape index (κ1) is 14.6. The minimum Gasteiger partial charge on any atom is -0.220 e. The summed E-state index contributed by atoms with van der Waals surface area (Å²) in [5.74, 6) is 0.793. The Bertz CT molecular complexity index is 574. The molecule has 0 aliphatic rings. The minimum atomic E-state index is 0.195. The van der Waals surface area contributed by atoms with E-state index in [2.05, 4.69) is 9.97 Å². The second-order valence-corrected chi connectivity index (χ2v) is 5.75. The van der Waals surface area contributed by atoms with E-state index in [9.17, 15) is 0 Å². The van der Waals surface area contributed by atoms with E-state index in [1.165, 1.54) is 0 Å². The van der Waals surface area contributed by atoms with Crippen LogP contribution in [0.25, 0.3) is 0 Å². The van der Waals surface area contributed by atoms with Gasteiger partial charge in [-0.1, -0.05) is 60.8 Å². The fraction of sp³-hybridized carbons (Fsp3) is 0.286. The van der Waals surface area contributed by atoms with Crippen LogP contribution >= 0.6 is 34.8 Å². The van der Waals surface area contributed by atoms with Crippen molar-refractivity contribution in [3.05, 3.63) is 56.5 Å². The molecule has 0 fully saturated rings. The van der Waals surface area contributed by atoms with Gasteiger partial charge >= 0.3 is 0 Å². The van der Waals surface area contributed by atoms with Gasteiger partial charge in [0.05, 0.1) is 0 Å². The van der Waals surface area contributed by atoms with E-state index in [0.717, 1.165) is 11.1 Å². The molecule has 2 aromatic rings. The second kappa shape index (κ2) is 6.08. The van der Waals surface area contributed by atoms with Crippen molar-refractivity contribution in [3.63, 3.8) is 0 Å². The normalized spacial score (nSPS) is 11.1. The van der Waals surface area contributed by atoms with Gasteiger partial charge in [0.15, 0.2) is 0 Å². The van der Waals surface area contributed by atoms with E-state index < -0.39 is 0 Å². The van der Waals surface area contributed by atoms with Crippen molar-refractivity contribution in [2.75, 3.05) is 0 Å². The van der Waals surface area contributed by atoms with Gasteiger partial charge in [-0.15, -0.1) is 0 Å². The third kappa shape index (κ3) is 3.59. The van der Waals surface area contributed by atoms with Gasteiger partial charge in [0.25, 0.3) is 0 Å². The molecule has 2 rings (SSSR count). The molecule has 2 nitrogen and oxygen atoms in total. The molecule has 1 aromatic carbocycles. The molecule has 0 N–H and O–H groups in total. The van der Waals surface area contributed by atoms with Crippen molar-refractivity contribution >= 4 is 34.8 Å². The van der Waals surface area contributed by atoms with Gasteiger partial charge in [0.1, 0.15) is 16.1 Å². The van der Waals surface area contributed by atoms with Crippen LogP contribution < -0.4 is 0 Å². The highest BCUT2D eigenvalue weighted by Crippen LogP contribution is 2.29. The van der Waals surface area contributed by atoms with Crippen molar-refractivity contribution in [2.24, 2.45) is 0 Å². The Morgan fingerprint density at radius 3 is 2.21 bits per heavy atom. The van der Waals surface area contributed by atoms with E-state index in [4.69, 9.17) is 34.8 Å². The molecule has 0 spiro atoms. The molecule has 0 atom stereocenters. The Labute approximate surface area is 127 Å². The molecule has 1 aromatic heterocycles. The standard InChI is InChI=1S/C14H13Cl3N2/c1-8(2)12-13(16)18-11(19-14(12)17)7-9-4-3-5-10(15)6-9/h3-6,8H,7H2,1-2H3. The van der Waals surface area contributed by atoms with E-state index in [1.54, 1.807) is 0 Å². The average molecular weight is 316 g/mol. The summed E-state index contributed by atoms with van der Waals surface area (Å²) in [6.07, 6.45) is 0.554. The molecule has 0 unspecified atom stereocenters. The fourth-order valence-electron chi connectivity index (χ4n) is 1.84. The largest absolute Gasteiger partial charge is 0.220 e. The number of rotatable bonds is 3. The van der Waals surface area contributed by atoms with Crippen LogP contribution in [-0.2, 0) is 6.42 Å². The maximum Gasteiger partial charge on any atom is 0.137 e. The molecule has 0 bridgehead atoms. The maximum atomic E-state index is 6.17. The molecule has 0 radical (unpaired) electrons. The number of nitrogens with zero attached hydrogens (tertiary/aromatic N) is 2. The molecular formula is C14H13Cl3N2. The third-order valence-corrected chi connectivity index (χ3v) is 3.54. The summed E-state index contributed by atoms with van der Waals surface area (Å²) in [5, 5.41) is 1.53. The molecule has 5 heteroatoms. The Morgan fingerprint density at radius 2 is 1.68 bits per heavy atom. The molecule has 1 heterocycles. The zero-order chi connectivity index (χ0) is 14.0. The summed E-state index contributed by atoms with van der Waals surface area (Å²) in [7, 11) is 0. The Hall–Kier alpha value is -0.830. The predicted octanol–water partition coefficient (Wildman–Crippen LogP) is 5.15. The zero-order valence-electron chi connectivity index (χ0n) is 10.6. The van der Waals surface area contributed by atoms with Crippen LogP contribution in [0.5, 0.6) is 0 Å². The number of halogens is 3. The first-order valence-corrected chi connectivity index (χ1v) is 7.07. The van der Waals surface area contributed by atoms with Crippen LogP contribution in [0, 0.1) is 0 Å². The van der Waals surface area contributed by atoms with Gasteiger partial charge in [0, 0.05) is 17.0 Å². The van der Waals surface area contributed by atoms with Crippen LogP contribution in [0.1, 0.15) is 36.7 Å². The lowest BCUT2D eigenvalue weighted by molar-refractivity contribution is 0.830. The van der Waals surface area contributed by atoms with Gasteiger partial charge in [0.2, 0.25) is 0 Å². The maximum absolute atomic E-state index is 6.17. The predicted molar refractivity (Wildman–Crippen MR) is 80.4 cm³/mol. The fourth-order valence-corrected chi connectivity index (χ4v) is 2.91. The van der Waals surface area contributed by atoms with Gasteiger partial charge in [-0.2, -0.15) is 0 Å². The van der Waals surface area contributed by atoms with Crippen LogP contribution in [0.15, 0.2) is 24.3 Å². The van der Waals surface area contributed by atoms with Crippen LogP contribution in [0.4, 0.5) is 0 Å². The third-order valence-electron chi connectivity index (χ3n) is 2.73. The summed E-state index contributed by atoms with van der Waals surface area (Å²) in [5.41, 5.74) is 1.81. The summed E-state index contributed by atoms with van der Waals surface area (Å²) in [4.78, 5) is 8.61.